The molecule has 2 heterocycles. The maximum absolute atomic E-state index is 13.0. The molecule has 2 aliphatic rings. The molecule has 0 unspecified atom stereocenters. The number of hydrogen-bond acceptors (Lipinski definition) is 6. The van der Waals surface area contributed by atoms with Crippen molar-refractivity contribution in [2.75, 3.05) is 11.4 Å². The molecule has 0 saturated heterocycles. The van der Waals surface area contributed by atoms with E-state index in [-0.39, 0.29) is 35.2 Å². The van der Waals surface area contributed by atoms with E-state index in [0.29, 0.717) is 16.8 Å². The van der Waals surface area contributed by atoms with Crippen LogP contribution in [0.25, 0.3) is 15.9 Å². The van der Waals surface area contributed by atoms with E-state index in [4.69, 9.17) is 18.7 Å². The molecule has 5 rings (SSSR count). The third-order valence-corrected chi connectivity index (χ3v) is 11.0. The minimum atomic E-state index is -6.09. The number of allylic oxidation sites excluding steroid dienone is 3. The molecule has 7 nitrogen and oxygen atoms in total. The first kappa shape index (κ1) is 28.3. The number of aromatic nitrogens is 1. The van der Waals surface area contributed by atoms with Gasteiger partial charge < -0.3 is 4.55 Å². The van der Waals surface area contributed by atoms with E-state index in [9.17, 15) is 18.0 Å². The van der Waals surface area contributed by atoms with Crippen LogP contribution in [0.2, 0.25) is 0 Å². The maximum Gasteiger partial charge on any atom is 0.485 e. The zero-order valence-electron chi connectivity index (χ0n) is 20.2. The predicted octanol–water partition coefficient (Wildman–Crippen LogP) is 2.15. The smallest absolute Gasteiger partial charge is 0.485 e. The van der Waals surface area contributed by atoms with E-state index < -0.39 is 15.6 Å². The van der Waals surface area contributed by atoms with Gasteiger partial charge in [-0.2, -0.15) is 13.2 Å². The van der Waals surface area contributed by atoms with Gasteiger partial charge in [0.1, 0.15) is 0 Å². The molecule has 3 aromatic rings. The minimum absolute atomic E-state index is 0.0677. The Morgan fingerprint density at radius 3 is 2.32 bits per heavy atom. The fraction of sp³-hybridized carbons (Fsp3) is 0.200. The van der Waals surface area contributed by atoms with Crippen LogP contribution in [-0.4, -0.2) is 60.3 Å². The molecule has 0 spiro atoms. The van der Waals surface area contributed by atoms with Gasteiger partial charge in [0.15, 0.2) is 10.1 Å². The van der Waals surface area contributed by atoms with Gasteiger partial charge in [0.2, 0.25) is 0 Å². The SMILES string of the molecule is CCN1C(=CC2=C(N)C(=Cc3[se]c4ccccc4[n+]3CC)C2=O)[Se]c2ccccc21.O=S(=O)([O-])C(F)(F)F. The third kappa shape index (κ3) is 5.40. The molecule has 2 aromatic carbocycles. The molecule has 1 aliphatic heterocycles. The number of aryl methyl sites for hydroxylation is 1. The molecule has 1 aliphatic carbocycles. The summed E-state index contributed by atoms with van der Waals surface area (Å²) in [4.78, 5) is 15.3. The Labute approximate surface area is 229 Å². The van der Waals surface area contributed by atoms with Gasteiger partial charge in [-0.3, -0.25) is 0 Å². The van der Waals surface area contributed by atoms with Crippen LogP contribution in [0.15, 0.2) is 76.0 Å². The van der Waals surface area contributed by atoms with Gasteiger partial charge in [0, 0.05) is 0 Å². The van der Waals surface area contributed by atoms with Crippen molar-refractivity contribution in [1.29, 1.82) is 0 Å². The second-order valence-electron chi connectivity index (χ2n) is 8.06. The van der Waals surface area contributed by atoms with Crippen LogP contribution >= 0.6 is 0 Å². The normalized spacial score (nSPS) is 17.6. The standard InChI is InChI=1S/C24H21N3OSe2.CHF3O3S/c1-3-26-17-9-5-7-11-19(17)29-21(26)13-15-23(25)16(24(15)28)14-22-27(4-2)18-10-6-8-12-20(18)30-22;2-1(3,4)8(5,6)7/h5-14H,3-4H2,1-2H3,(H-,25,28);(H,5,6,7). The van der Waals surface area contributed by atoms with Crippen molar-refractivity contribution in [3.8, 4) is 0 Å². The summed E-state index contributed by atoms with van der Waals surface area (Å²) in [5.74, 6) is 0.0677. The van der Waals surface area contributed by atoms with Crippen molar-refractivity contribution < 1.29 is 35.5 Å². The largest absolute Gasteiger partial charge is 0.741 e. The fourth-order valence-electron chi connectivity index (χ4n) is 3.98. The number of Topliss-reactive ketones (excluding diaryl/α,β-unsaturated/α-hetero) is 1. The number of ketones is 1. The van der Waals surface area contributed by atoms with Gasteiger partial charge in [-0.05, 0) is 0 Å². The first-order valence-electron chi connectivity index (χ1n) is 11.3. The Morgan fingerprint density at radius 1 is 1.08 bits per heavy atom. The number of carbonyl (C=O) groups is 1. The summed E-state index contributed by atoms with van der Waals surface area (Å²) < 4.78 is 66.3. The number of para-hydroxylation sites is 2. The molecule has 1 aromatic heterocycles. The maximum atomic E-state index is 13.0. The second kappa shape index (κ2) is 10.8. The molecule has 0 radical (unpaired) electrons. The second-order valence-corrected chi connectivity index (χ2v) is 13.9. The molecule has 0 amide bonds. The quantitative estimate of drug-likeness (QED) is 0.150. The van der Waals surface area contributed by atoms with E-state index in [1.54, 1.807) is 0 Å². The molecule has 0 fully saturated rings. The van der Waals surface area contributed by atoms with Crippen LogP contribution in [0, 0.1) is 0 Å². The zero-order chi connectivity index (χ0) is 27.8. The van der Waals surface area contributed by atoms with Crippen LogP contribution in [0.4, 0.5) is 18.9 Å². The van der Waals surface area contributed by atoms with Crippen LogP contribution in [0.3, 0.4) is 0 Å². The number of rotatable bonds is 4. The predicted molar refractivity (Wildman–Crippen MR) is 140 cm³/mol. The monoisotopic (exact) mass is 677 g/mol. The van der Waals surface area contributed by atoms with Crippen molar-refractivity contribution >= 4 is 71.4 Å². The summed E-state index contributed by atoms with van der Waals surface area (Å²) in [7, 11) is -6.09. The van der Waals surface area contributed by atoms with E-state index in [0.717, 1.165) is 13.1 Å². The van der Waals surface area contributed by atoms with E-state index >= 15 is 0 Å². The van der Waals surface area contributed by atoms with E-state index in [1.807, 2.05) is 12.2 Å². The number of nitrogens with zero attached hydrogens (tertiary/aromatic N) is 2. The van der Waals surface area contributed by atoms with Crippen molar-refractivity contribution in [2.45, 2.75) is 25.9 Å². The van der Waals surface area contributed by atoms with Gasteiger partial charge in [0.25, 0.3) is 0 Å². The Balaban J connectivity index is 0.000000368. The van der Waals surface area contributed by atoms with Crippen LogP contribution < -0.4 is 19.7 Å². The molecule has 0 bridgehead atoms. The molecule has 38 heavy (non-hydrogen) atoms. The number of benzene rings is 2. The summed E-state index contributed by atoms with van der Waals surface area (Å²) in [6, 6.07) is 17.0. The molecule has 0 saturated carbocycles. The van der Waals surface area contributed by atoms with Crippen LogP contribution in [0.1, 0.15) is 18.4 Å². The number of fused-ring (bicyclic) bond motifs is 2. The summed E-state index contributed by atoms with van der Waals surface area (Å²) >= 11 is 0.396. The summed E-state index contributed by atoms with van der Waals surface area (Å²) in [5.41, 5.74) is 5.23. The average Bonchev–Trinajstić information content (AvgIpc) is 3.41. The van der Waals surface area contributed by atoms with Gasteiger partial charge >= 0.3 is 194 Å². The number of anilines is 1. The number of halogens is 3. The van der Waals surface area contributed by atoms with Gasteiger partial charge in [-0.15, -0.1) is 0 Å². The Kier molecular flexibility index (Phi) is 8.09. The molecule has 13 heteroatoms. The van der Waals surface area contributed by atoms with E-state index in [1.165, 1.54) is 29.1 Å². The van der Waals surface area contributed by atoms with Crippen molar-refractivity contribution in [1.82, 2.24) is 0 Å². The molecule has 2 N–H and O–H groups in total. The van der Waals surface area contributed by atoms with E-state index in [2.05, 4.69) is 71.8 Å². The average molecular weight is 675 g/mol. The third-order valence-electron chi connectivity index (χ3n) is 5.79. The van der Waals surface area contributed by atoms with Crippen molar-refractivity contribution in [3.63, 3.8) is 0 Å². The van der Waals surface area contributed by atoms with Crippen molar-refractivity contribution in [3.05, 3.63) is 80.6 Å². The van der Waals surface area contributed by atoms with Gasteiger partial charge in [-0.25, -0.2) is 8.42 Å². The van der Waals surface area contributed by atoms with Crippen LogP contribution in [-0.2, 0) is 21.5 Å². The number of alkyl halides is 3. The van der Waals surface area contributed by atoms with Crippen molar-refractivity contribution in [2.24, 2.45) is 5.73 Å². The van der Waals surface area contributed by atoms with Crippen LogP contribution in [0.5, 0.6) is 0 Å². The zero-order valence-corrected chi connectivity index (χ0v) is 24.4. The summed E-state index contributed by atoms with van der Waals surface area (Å²) in [6.07, 6.45) is 4.05. The first-order chi connectivity index (χ1) is 17.9. The Hall–Kier alpha value is -2.66. The number of carbonyl (C=O) groups excluding carboxylic acids is 1. The fourth-order valence-corrected chi connectivity index (χ4v) is 8.88. The minimum Gasteiger partial charge on any atom is -0.741 e. The Morgan fingerprint density at radius 2 is 1.71 bits per heavy atom. The first-order valence-corrected chi connectivity index (χ1v) is 16.2. The molecule has 0 atom stereocenters. The topological polar surface area (TPSA) is 107 Å². The molecular weight excluding hydrogens is 653 g/mol. The molecule has 200 valence electrons. The van der Waals surface area contributed by atoms with Gasteiger partial charge in [-0.1, -0.05) is 0 Å². The summed E-state index contributed by atoms with van der Waals surface area (Å²) in [5, 5.41) is 0. The Bertz CT molecular complexity index is 1630. The number of nitrogens with two attached hydrogens (primary N) is 1. The molecular formula is C25H22F3N3O4SSe2. The summed E-state index contributed by atoms with van der Waals surface area (Å²) in [6.45, 7) is 6.07. The number of hydrogen-bond donors (Lipinski definition) is 1. The van der Waals surface area contributed by atoms with Gasteiger partial charge in [0.05, 0.1) is 0 Å².